The molecule has 1 aromatic rings. The molecule has 82 valence electrons. The van der Waals surface area contributed by atoms with Gasteiger partial charge in [-0.1, -0.05) is 0 Å². The SMILES string of the molecule is CNCC(=O)c1cc(OC)cc(Br)c1F. The Morgan fingerprint density at radius 2 is 2.27 bits per heavy atom. The van der Waals surface area contributed by atoms with E-state index < -0.39 is 5.82 Å². The first kappa shape index (κ1) is 12.1. The largest absolute Gasteiger partial charge is 0.497 e. The predicted octanol–water partition coefficient (Wildman–Crippen LogP) is 2.00. The summed E-state index contributed by atoms with van der Waals surface area (Å²) < 4.78 is 18.7. The molecule has 1 aromatic carbocycles. The van der Waals surface area contributed by atoms with Crippen molar-refractivity contribution in [2.75, 3.05) is 20.7 Å². The Labute approximate surface area is 95.7 Å². The summed E-state index contributed by atoms with van der Waals surface area (Å²) in [6.07, 6.45) is 0. The summed E-state index contributed by atoms with van der Waals surface area (Å²) in [5.74, 6) is -0.423. The van der Waals surface area contributed by atoms with Gasteiger partial charge in [-0.2, -0.15) is 0 Å². The fourth-order valence-corrected chi connectivity index (χ4v) is 1.58. The van der Waals surface area contributed by atoms with Crippen LogP contribution in [-0.2, 0) is 0 Å². The zero-order valence-electron chi connectivity index (χ0n) is 8.43. The first-order valence-corrected chi connectivity index (χ1v) is 5.10. The van der Waals surface area contributed by atoms with E-state index in [-0.39, 0.29) is 22.4 Å². The van der Waals surface area contributed by atoms with E-state index >= 15 is 0 Å². The second kappa shape index (κ2) is 5.23. The number of likely N-dealkylation sites (N-methyl/N-ethyl adjacent to an activating group) is 1. The van der Waals surface area contributed by atoms with E-state index in [2.05, 4.69) is 21.2 Å². The summed E-state index contributed by atoms with van der Waals surface area (Å²) in [5, 5.41) is 2.68. The van der Waals surface area contributed by atoms with Crippen molar-refractivity contribution >= 4 is 21.7 Å². The zero-order chi connectivity index (χ0) is 11.4. The number of ketones is 1. The maximum Gasteiger partial charge on any atom is 0.179 e. The Hall–Kier alpha value is -0.940. The highest BCUT2D eigenvalue weighted by atomic mass is 79.9. The fourth-order valence-electron chi connectivity index (χ4n) is 1.14. The van der Waals surface area contributed by atoms with E-state index in [4.69, 9.17) is 4.74 Å². The lowest BCUT2D eigenvalue weighted by Gasteiger charge is -2.07. The number of carbonyl (C=O) groups excluding carboxylic acids is 1. The second-order valence-electron chi connectivity index (χ2n) is 2.92. The van der Waals surface area contributed by atoms with Crippen LogP contribution in [0.2, 0.25) is 0 Å². The molecule has 0 spiro atoms. The van der Waals surface area contributed by atoms with Gasteiger partial charge in [0.05, 0.1) is 23.7 Å². The molecule has 0 amide bonds. The predicted molar refractivity (Wildman–Crippen MR) is 58.9 cm³/mol. The van der Waals surface area contributed by atoms with Crippen LogP contribution in [-0.4, -0.2) is 26.5 Å². The molecule has 0 aliphatic rings. The lowest BCUT2D eigenvalue weighted by Crippen LogP contribution is -2.19. The van der Waals surface area contributed by atoms with Crippen molar-refractivity contribution in [3.8, 4) is 5.75 Å². The van der Waals surface area contributed by atoms with Crippen LogP contribution in [0.1, 0.15) is 10.4 Å². The summed E-state index contributed by atoms with van der Waals surface area (Å²) in [6.45, 7) is 0.0938. The minimum atomic E-state index is -0.559. The molecule has 0 saturated carbocycles. The smallest absolute Gasteiger partial charge is 0.179 e. The van der Waals surface area contributed by atoms with Crippen LogP contribution in [0.4, 0.5) is 4.39 Å². The molecule has 1 rings (SSSR count). The summed E-state index contributed by atoms with van der Waals surface area (Å²) in [7, 11) is 3.09. The van der Waals surface area contributed by atoms with Gasteiger partial charge in [0.25, 0.3) is 0 Å². The summed E-state index contributed by atoms with van der Waals surface area (Å²) in [4.78, 5) is 11.5. The van der Waals surface area contributed by atoms with Crippen molar-refractivity contribution < 1.29 is 13.9 Å². The van der Waals surface area contributed by atoms with E-state index in [1.54, 1.807) is 7.05 Å². The Morgan fingerprint density at radius 1 is 1.60 bits per heavy atom. The molecule has 0 aliphatic carbocycles. The first-order chi connectivity index (χ1) is 7.10. The lowest BCUT2D eigenvalue weighted by molar-refractivity contribution is 0.0989. The van der Waals surface area contributed by atoms with Crippen LogP contribution in [0.3, 0.4) is 0 Å². The van der Waals surface area contributed by atoms with Gasteiger partial charge in [0.15, 0.2) is 5.78 Å². The Bertz CT molecular complexity index is 382. The minimum absolute atomic E-state index is 0.0237. The average Bonchev–Trinajstić information content (AvgIpc) is 2.22. The number of ether oxygens (including phenoxy) is 1. The van der Waals surface area contributed by atoms with Crippen molar-refractivity contribution in [1.82, 2.24) is 5.32 Å². The van der Waals surface area contributed by atoms with Crippen molar-refractivity contribution in [3.05, 3.63) is 28.0 Å². The number of methoxy groups -OCH3 is 1. The molecule has 0 heterocycles. The van der Waals surface area contributed by atoms with Crippen LogP contribution in [0.5, 0.6) is 5.75 Å². The quantitative estimate of drug-likeness (QED) is 0.855. The Kier molecular flexibility index (Phi) is 4.23. The highest BCUT2D eigenvalue weighted by Crippen LogP contribution is 2.25. The van der Waals surface area contributed by atoms with E-state index in [1.165, 1.54) is 19.2 Å². The van der Waals surface area contributed by atoms with Crippen LogP contribution < -0.4 is 10.1 Å². The van der Waals surface area contributed by atoms with Gasteiger partial charge in [0, 0.05) is 0 Å². The van der Waals surface area contributed by atoms with Crippen molar-refractivity contribution in [1.29, 1.82) is 0 Å². The molecule has 0 unspecified atom stereocenters. The van der Waals surface area contributed by atoms with E-state index in [9.17, 15) is 9.18 Å². The molecule has 0 aromatic heterocycles. The molecule has 1 N–H and O–H groups in total. The molecule has 0 radical (unpaired) electrons. The number of hydrogen-bond acceptors (Lipinski definition) is 3. The van der Waals surface area contributed by atoms with Crippen molar-refractivity contribution in [2.45, 2.75) is 0 Å². The van der Waals surface area contributed by atoms with Gasteiger partial charge >= 0.3 is 0 Å². The standard InChI is InChI=1S/C10H11BrFNO2/c1-13-5-9(14)7-3-6(15-2)4-8(11)10(7)12/h3-4,13H,5H2,1-2H3. The number of hydrogen-bond donors (Lipinski definition) is 1. The number of benzene rings is 1. The third-order valence-corrected chi connectivity index (χ3v) is 2.45. The van der Waals surface area contributed by atoms with Gasteiger partial charge in [0.2, 0.25) is 0 Å². The summed E-state index contributed by atoms with van der Waals surface area (Å²) >= 11 is 3.03. The molecule has 0 fully saturated rings. The maximum absolute atomic E-state index is 13.5. The maximum atomic E-state index is 13.5. The molecule has 0 aliphatic heterocycles. The second-order valence-corrected chi connectivity index (χ2v) is 3.78. The summed E-state index contributed by atoms with van der Waals surface area (Å²) in [6, 6.07) is 2.87. The van der Waals surface area contributed by atoms with Crippen LogP contribution in [0.25, 0.3) is 0 Å². The van der Waals surface area contributed by atoms with Crippen molar-refractivity contribution in [2.24, 2.45) is 0 Å². The van der Waals surface area contributed by atoms with Crippen LogP contribution >= 0.6 is 15.9 Å². The third-order valence-electron chi connectivity index (χ3n) is 1.88. The van der Waals surface area contributed by atoms with E-state index in [0.717, 1.165) is 0 Å². The topological polar surface area (TPSA) is 38.3 Å². The normalized spacial score (nSPS) is 10.1. The van der Waals surface area contributed by atoms with Crippen LogP contribution in [0, 0.1) is 5.82 Å². The summed E-state index contributed by atoms with van der Waals surface area (Å²) in [5.41, 5.74) is 0.0237. The molecule has 15 heavy (non-hydrogen) atoms. The van der Waals surface area contributed by atoms with Gasteiger partial charge < -0.3 is 10.1 Å². The molecule has 0 bridgehead atoms. The van der Waals surface area contributed by atoms with Gasteiger partial charge in [-0.05, 0) is 35.1 Å². The number of nitrogens with one attached hydrogen (secondary N) is 1. The average molecular weight is 276 g/mol. The molecular formula is C10H11BrFNO2. The number of halogens is 2. The molecular weight excluding hydrogens is 265 g/mol. The fraction of sp³-hybridized carbons (Fsp3) is 0.300. The minimum Gasteiger partial charge on any atom is -0.497 e. The Balaban J connectivity index is 3.15. The van der Waals surface area contributed by atoms with E-state index in [0.29, 0.717) is 5.75 Å². The number of Topliss-reactive ketones (excluding diaryl/α,β-unsaturated/α-hetero) is 1. The van der Waals surface area contributed by atoms with Crippen LogP contribution in [0.15, 0.2) is 16.6 Å². The zero-order valence-corrected chi connectivity index (χ0v) is 10.0. The van der Waals surface area contributed by atoms with Gasteiger partial charge in [-0.15, -0.1) is 0 Å². The molecule has 3 nitrogen and oxygen atoms in total. The monoisotopic (exact) mass is 275 g/mol. The molecule has 0 atom stereocenters. The van der Waals surface area contributed by atoms with Gasteiger partial charge in [-0.3, -0.25) is 4.79 Å². The molecule has 0 saturated heterocycles. The lowest BCUT2D eigenvalue weighted by atomic mass is 10.1. The highest BCUT2D eigenvalue weighted by Gasteiger charge is 2.15. The van der Waals surface area contributed by atoms with Gasteiger partial charge in [0.1, 0.15) is 11.6 Å². The number of carbonyl (C=O) groups is 1. The van der Waals surface area contributed by atoms with Gasteiger partial charge in [-0.25, -0.2) is 4.39 Å². The highest BCUT2D eigenvalue weighted by molar-refractivity contribution is 9.10. The number of rotatable bonds is 4. The molecule has 5 heteroatoms. The third kappa shape index (κ3) is 2.76. The Morgan fingerprint density at radius 3 is 2.80 bits per heavy atom. The van der Waals surface area contributed by atoms with E-state index in [1.807, 2.05) is 0 Å². The first-order valence-electron chi connectivity index (χ1n) is 4.31. The van der Waals surface area contributed by atoms with Crippen molar-refractivity contribution in [3.63, 3.8) is 0 Å².